The topological polar surface area (TPSA) is 231 Å². The van der Waals surface area contributed by atoms with Crippen molar-refractivity contribution in [3.05, 3.63) is 42.1 Å². The molecule has 0 aliphatic heterocycles. The number of hydrogen-bond donors (Lipinski definition) is 5. The van der Waals surface area contributed by atoms with Gasteiger partial charge in [-0.3, -0.25) is 5.41 Å². The molecule has 2 aromatic carbocycles. The van der Waals surface area contributed by atoms with Crippen LogP contribution in [0.15, 0.2) is 46.3 Å². The number of para-hydroxylation sites is 1. The molecule has 4 rings (SSSR count). The number of nitrogens with two attached hydrogens (primary N) is 1. The number of nitrogens with one attached hydrogen (secondary N) is 2. The number of fused-ring (bicyclic) bond motifs is 1. The maximum atomic E-state index is 12.8. The van der Waals surface area contributed by atoms with E-state index in [1.54, 1.807) is 18.2 Å². The molecule has 2 heterocycles. The van der Waals surface area contributed by atoms with E-state index in [-0.39, 0.29) is 28.0 Å². The smallest absolute Gasteiger partial charge is 0.255 e. The average Bonchev–Trinajstić information content (AvgIpc) is 3.27. The fourth-order valence-corrected chi connectivity index (χ4v) is 6.08. The largest absolute Gasteiger partial charge is 0.425 e. The maximum absolute atomic E-state index is 12.8. The SMILES string of the molecule is N=c1nc2c(-c3ccc(S(=O)(=O)CCO)c(S(N)(=O)=O)c3-c3nn[nH]n3)cccc2cn1O. The Balaban J connectivity index is 2.20. The van der Waals surface area contributed by atoms with Crippen LogP contribution in [-0.4, -0.2) is 69.8 Å². The summed E-state index contributed by atoms with van der Waals surface area (Å²) in [7, 11) is -8.94. The highest BCUT2D eigenvalue weighted by molar-refractivity contribution is 7.93. The zero-order valence-electron chi connectivity index (χ0n) is 16.5. The number of H-pyrrole nitrogens is 1. The van der Waals surface area contributed by atoms with Crippen molar-refractivity contribution in [3.8, 4) is 22.5 Å². The molecule has 6 N–H and O–H groups in total. The number of aromatic nitrogens is 6. The van der Waals surface area contributed by atoms with Crippen molar-refractivity contribution in [3.63, 3.8) is 0 Å². The quantitative estimate of drug-likeness (QED) is 0.206. The van der Waals surface area contributed by atoms with Crippen LogP contribution in [0.4, 0.5) is 0 Å². The number of aliphatic hydroxyl groups is 1. The van der Waals surface area contributed by atoms with Gasteiger partial charge in [0, 0.05) is 10.9 Å². The second-order valence-electron chi connectivity index (χ2n) is 6.79. The lowest BCUT2D eigenvalue weighted by Gasteiger charge is -2.17. The molecule has 2 aromatic heterocycles. The number of hydrogen-bond acceptors (Lipinski definition) is 11. The second-order valence-corrected chi connectivity index (χ2v) is 10.4. The van der Waals surface area contributed by atoms with Gasteiger partial charge in [-0.05, 0) is 16.8 Å². The van der Waals surface area contributed by atoms with Crippen molar-refractivity contribution in [1.82, 2.24) is 30.3 Å². The molecule has 33 heavy (non-hydrogen) atoms. The number of rotatable bonds is 6. The minimum atomic E-state index is -4.67. The van der Waals surface area contributed by atoms with Crippen LogP contribution in [0.1, 0.15) is 0 Å². The summed E-state index contributed by atoms with van der Waals surface area (Å²) in [5.74, 6) is -0.999. The molecule has 4 aromatic rings. The van der Waals surface area contributed by atoms with Crippen LogP contribution in [0, 0.1) is 5.41 Å². The van der Waals surface area contributed by atoms with Crippen molar-refractivity contribution in [2.45, 2.75) is 9.79 Å². The summed E-state index contributed by atoms with van der Waals surface area (Å²) in [5.41, 5.74) is -0.116. The Kier molecular flexibility index (Phi) is 5.44. The summed E-state index contributed by atoms with van der Waals surface area (Å²) >= 11 is 0. The van der Waals surface area contributed by atoms with Crippen LogP contribution in [0.3, 0.4) is 0 Å². The Bertz CT molecular complexity index is 1650. The van der Waals surface area contributed by atoms with Crippen LogP contribution in [0.2, 0.25) is 0 Å². The Hall–Kier alpha value is -3.73. The van der Waals surface area contributed by atoms with Gasteiger partial charge in [0.15, 0.2) is 9.84 Å². The van der Waals surface area contributed by atoms with Crippen LogP contribution < -0.4 is 10.8 Å². The van der Waals surface area contributed by atoms with E-state index >= 15 is 0 Å². The first-order chi connectivity index (χ1) is 15.5. The van der Waals surface area contributed by atoms with Gasteiger partial charge in [-0.25, -0.2) is 27.0 Å². The molecule has 0 amide bonds. The Labute approximate surface area is 185 Å². The Morgan fingerprint density at radius 2 is 1.88 bits per heavy atom. The zero-order valence-corrected chi connectivity index (χ0v) is 18.2. The number of tetrazole rings is 1. The van der Waals surface area contributed by atoms with E-state index in [0.717, 1.165) is 6.07 Å². The summed E-state index contributed by atoms with van der Waals surface area (Å²) in [5, 5.41) is 45.8. The molecule has 0 bridgehead atoms. The van der Waals surface area contributed by atoms with Crippen LogP contribution >= 0.6 is 0 Å². The highest BCUT2D eigenvalue weighted by atomic mass is 32.2. The lowest BCUT2D eigenvalue weighted by molar-refractivity contribution is 0.167. The predicted octanol–water partition coefficient (Wildman–Crippen LogP) is -0.986. The van der Waals surface area contributed by atoms with Gasteiger partial charge in [0.05, 0.1) is 34.5 Å². The van der Waals surface area contributed by atoms with Gasteiger partial charge in [-0.15, -0.1) is 10.2 Å². The van der Waals surface area contributed by atoms with E-state index in [4.69, 9.17) is 15.7 Å². The minimum Gasteiger partial charge on any atom is -0.425 e. The fourth-order valence-electron chi connectivity index (χ4n) is 3.39. The van der Waals surface area contributed by atoms with E-state index in [2.05, 4.69) is 25.6 Å². The molecule has 0 fully saturated rings. The van der Waals surface area contributed by atoms with Gasteiger partial charge in [0.1, 0.15) is 4.90 Å². The van der Waals surface area contributed by atoms with E-state index in [9.17, 15) is 22.0 Å². The van der Waals surface area contributed by atoms with Gasteiger partial charge in [-0.2, -0.15) is 9.94 Å². The minimum absolute atomic E-state index is 0.136. The first-order valence-electron chi connectivity index (χ1n) is 9.08. The zero-order chi connectivity index (χ0) is 24.0. The standard InChI is InChI=1S/C17H16N8O6S2/c18-17-20-14-9(8-25(17)27)2-1-3-11(14)10-4-5-12(32(28,29)7-6-26)15(33(19,30)31)13(10)16-21-23-24-22-16/h1-5,8,18,26-27H,6-7H2,(H2,19,30,31)(H,21,22,23,24). The van der Waals surface area contributed by atoms with Crippen molar-refractivity contribution >= 4 is 30.8 Å². The van der Waals surface area contributed by atoms with Gasteiger partial charge in [0.2, 0.25) is 15.8 Å². The molecule has 0 aliphatic rings. The summed E-state index contributed by atoms with van der Waals surface area (Å²) in [4.78, 5) is 2.64. The van der Waals surface area contributed by atoms with Crippen LogP contribution in [0.5, 0.6) is 0 Å². The van der Waals surface area contributed by atoms with E-state index < -0.39 is 47.6 Å². The molecule has 16 heteroatoms. The first kappa shape index (κ1) is 22.5. The molecule has 0 aliphatic carbocycles. The monoisotopic (exact) mass is 492 g/mol. The number of primary sulfonamides is 1. The molecular weight excluding hydrogens is 476 g/mol. The van der Waals surface area contributed by atoms with E-state index in [1.165, 1.54) is 12.3 Å². The number of benzene rings is 2. The fraction of sp³-hybridized carbons (Fsp3) is 0.118. The molecule has 14 nitrogen and oxygen atoms in total. The van der Waals surface area contributed by atoms with Gasteiger partial charge in [0.25, 0.3) is 5.62 Å². The molecule has 172 valence electrons. The normalized spacial score (nSPS) is 12.3. The number of nitrogens with zero attached hydrogens (tertiary/aromatic N) is 5. The molecule has 0 saturated carbocycles. The van der Waals surface area contributed by atoms with Crippen molar-refractivity contribution in [2.75, 3.05) is 12.4 Å². The van der Waals surface area contributed by atoms with E-state index in [0.29, 0.717) is 10.1 Å². The Morgan fingerprint density at radius 1 is 1.12 bits per heavy atom. The molecule has 0 unspecified atom stereocenters. The third-order valence-electron chi connectivity index (χ3n) is 4.72. The highest BCUT2D eigenvalue weighted by Gasteiger charge is 2.32. The predicted molar refractivity (Wildman–Crippen MR) is 112 cm³/mol. The molecular formula is C17H16N8O6S2. The maximum Gasteiger partial charge on any atom is 0.255 e. The van der Waals surface area contributed by atoms with E-state index in [1.807, 2.05) is 0 Å². The van der Waals surface area contributed by atoms with Crippen molar-refractivity contribution < 1.29 is 27.1 Å². The van der Waals surface area contributed by atoms with Crippen molar-refractivity contribution in [1.29, 1.82) is 5.41 Å². The highest BCUT2D eigenvalue weighted by Crippen LogP contribution is 2.40. The first-order valence-corrected chi connectivity index (χ1v) is 12.3. The van der Waals surface area contributed by atoms with Gasteiger partial charge < -0.3 is 10.3 Å². The molecule has 0 atom stereocenters. The third-order valence-corrected chi connectivity index (χ3v) is 7.58. The van der Waals surface area contributed by atoms with Crippen molar-refractivity contribution in [2.24, 2.45) is 5.14 Å². The third kappa shape index (κ3) is 3.95. The summed E-state index contributed by atoms with van der Waals surface area (Å²) < 4.78 is 51.3. The number of sulfonamides is 1. The summed E-state index contributed by atoms with van der Waals surface area (Å²) in [6.07, 6.45) is 1.24. The molecule has 0 spiro atoms. The summed E-state index contributed by atoms with van der Waals surface area (Å²) in [6.45, 7) is -0.744. The second kappa shape index (κ2) is 8.00. The number of aliphatic hydroxyl groups excluding tert-OH is 1. The molecule has 0 saturated heterocycles. The average molecular weight is 492 g/mol. The van der Waals surface area contributed by atoms with Crippen LogP contribution in [0.25, 0.3) is 33.4 Å². The lowest BCUT2D eigenvalue weighted by Crippen LogP contribution is -2.21. The lowest BCUT2D eigenvalue weighted by atomic mass is 9.97. The summed E-state index contributed by atoms with van der Waals surface area (Å²) in [6, 6.07) is 7.14. The molecule has 0 radical (unpaired) electrons. The Morgan fingerprint density at radius 3 is 2.52 bits per heavy atom. The van der Waals surface area contributed by atoms with Gasteiger partial charge in [-0.1, -0.05) is 24.3 Å². The number of aromatic amines is 1. The van der Waals surface area contributed by atoms with Crippen LogP contribution in [-0.2, 0) is 19.9 Å². The van der Waals surface area contributed by atoms with Gasteiger partial charge >= 0.3 is 0 Å². The number of sulfone groups is 1.